The molecular weight excluding hydrogens is 170 g/mol. The minimum Gasteiger partial charge on any atom is -0.354 e. The molecule has 3 N–H and O–H groups in total. The van der Waals surface area contributed by atoms with Crippen LogP contribution in [0.5, 0.6) is 0 Å². The Morgan fingerprint density at radius 3 is 2.92 bits per heavy atom. The van der Waals surface area contributed by atoms with Crippen LogP contribution in [0.4, 0.5) is 0 Å². The van der Waals surface area contributed by atoms with E-state index >= 15 is 0 Å². The Hall–Kier alpha value is -1.10. The molecule has 0 aromatic rings. The molecule has 1 saturated heterocycles. The molecule has 1 aliphatic heterocycles. The molecule has 0 spiro atoms. The van der Waals surface area contributed by atoms with Crippen LogP contribution in [0, 0.1) is 0 Å². The van der Waals surface area contributed by atoms with Gasteiger partial charge >= 0.3 is 0 Å². The first kappa shape index (κ1) is 9.98. The van der Waals surface area contributed by atoms with E-state index in [2.05, 4.69) is 5.32 Å². The molecule has 0 bridgehead atoms. The molecule has 1 heterocycles. The van der Waals surface area contributed by atoms with E-state index in [1.807, 2.05) is 0 Å². The third kappa shape index (κ3) is 3.02. The summed E-state index contributed by atoms with van der Waals surface area (Å²) < 4.78 is 0. The van der Waals surface area contributed by atoms with Gasteiger partial charge in [-0.1, -0.05) is 0 Å². The van der Waals surface area contributed by atoms with Crippen molar-refractivity contribution in [2.75, 3.05) is 26.2 Å². The summed E-state index contributed by atoms with van der Waals surface area (Å²) in [6.45, 7) is 1.77. The number of nitrogens with one attached hydrogen (secondary N) is 1. The highest BCUT2D eigenvalue weighted by atomic mass is 16.2. The zero-order chi connectivity index (χ0) is 9.68. The minimum atomic E-state index is -0.0807. The maximum Gasteiger partial charge on any atom is 0.239 e. The number of carbonyl (C=O) groups is 2. The van der Waals surface area contributed by atoms with Gasteiger partial charge in [0.1, 0.15) is 0 Å². The maximum atomic E-state index is 11.4. The average molecular weight is 185 g/mol. The van der Waals surface area contributed by atoms with Crippen molar-refractivity contribution in [3.63, 3.8) is 0 Å². The number of hydrogen-bond donors (Lipinski definition) is 2. The second-order valence-electron chi connectivity index (χ2n) is 3.06. The molecule has 0 atom stereocenters. The third-order valence-electron chi connectivity index (χ3n) is 1.98. The van der Waals surface area contributed by atoms with Gasteiger partial charge in [-0.05, 0) is 13.0 Å². The van der Waals surface area contributed by atoms with Crippen LogP contribution >= 0.6 is 0 Å². The first-order valence-corrected chi connectivity index (χ1v) is 4.48. The highest BCUT2D eigenvalue weighted by Gasteiger charge is 2.19. The summed E-state index contributed by atoms with van der Waals surface area (Å²) >= 11 is 0. The summed E-state index contributed by atoms with van der Waals surface area (Å²) in [5.41, 5.74) is 5.33. The normalized spacial score (nSPS) is 18.4. The Morgan fingerprint density at radius 2 is 2.23 bits per heavy atom. The number of hydrogen-bond acceptors (Lipinski definition) is 3. The van der Waals surface area contributed by atoms with Gasteiger partial charge in [-0.15, -0.1) is 0 Å². The number of rotatable bonds is 3. The van der Waals surface area contributed by atoms with E-state index in [-0.39, 0.29) is 18.4 Å². The summed E-state index contributed by atoms with van der Waals surface area (Å²) in [4.78, 5) is 24.0. The molecule has 1 fully saturated rings. The lowest BCUT2D eigenvalue weighted by Gasteiger charge is -2.18. The van der Waals surface area contributed by atoms with E-state index in [9.17, 15) is 9.59 Å². The van der Waals surface area contributed by atoms with E-state index in [1.165, 1.54) is 0 Å². The van der Waals surface area contributed by atoms with Crippen molar-refractivity contribution in [2.24, 2.45) is 5.73 Å². The molecule has 5 nitrogen and oxygen atoms in total. The molecule has 1 aliphatic rings. The molecule has 5 heteroatoms. The van der Waals surface area contributed by atoms with Gasteiger partial charge in [0.15, 0.2) is 0 Å². The van der Waals surface area contributed by atoms with E-state index in [4.69, 9.17) is 5.73 Å². The number of amides is 2. The van der Waals surface area contributed by atoms with Crippen molar-refractivity contribution >= 4 is 11.8 Å². The van der Waals surface area contributed by atoms with Crippen molar-refractivity contribution < 1.29 is 9.59 Å². The van der Waals surface area contributed by atoms with Crippen molar-refractivity contribution in [1.82, 2.24) is 10.2 Å². The van der Waals surface area contributed by atoms with Crippen LogP contribution in [-0.4, -0.2) is 42.9 Å². The van der Waals surface area contributed by atoms with Crippen LogP contribution in [-0.2, 0) is 9.59 Å². The first-order chi connectivity index (χ1) is 6.24. The van der Waals surface area contributed by atoms with Crippen LogP contribution in [0.2, 0.25) is 0 Å². The third-order valence-corrected chi connectivity index (χ3v) is 1.98. The number of nitrogens with two attached hydrogens (primary N) is 1. The van der Waals surface area contributed by atoms with Crippen LogP contribution in [0.15, 0.2) is 0 Å². The van der Waals surface area contributed by atoms with E-state index in [0.717, 1.165) is 6.42 Å². The van der Waals surface area contributed by atoms with Gasteiger partial charge in [-0.2, -0.15) is 0 Å². The van der Waals surface area contributed by atoms with Gasteiger partial charge in [-0.3, -0.25) is 9.59 Å². The van der Waals surface area contributed by atoms with Gasteiger partial charge in [0.2, 0.25) is 11.8 Å². The van der Waals surface area contributed by atoms with E-state index in [0.29, 0.717) is 26.1 Å². The highest BCUT2D eigenvalue weighted by molar-refractivity contribution is 5.87. The first-order valence-electron chi connectivity index (χ1n) is 4.48. The highest BCUT2D eigenvalue weighted by Crippen LogP contribution is 1.99. The molecule has 0 radical (unpaired) electrons. The predicted molar refractivity (Wildman–Crippen MR) is 47.9 cm³/mol. The fraction of sp³-hybridized carbons (Fsp3) is 0.750. The lowest BCUT2D eigenvalue weighted by atomic mass is 10.3. The lowest BCUT2D eigenvalue weighted by molar-refractivity contribution is -0.133. The molecule has 0 aliphatic carbocycles. The molecule has 2 amide bonds. The summed E-state index contributed by atoms with van der Waals surface area (Å²) in [5.74, 6) is -0.0466. The summed E-state index contributed by atoms with van der Waals surface area (Å²) in [5, 5.41) is 2.65. The van der Waals surface area contributed by atoms with Gasteiger partial charge in [-0.25, -0.2) is 0 Å². The molecule has 0 saturated carbocycles. The van der Waals surface area contributed by atoms with Gasteiger partial charge in [0.05, 0.1) is 6.54 Å². The Bertz CT molecular complexity index is 206. The van der Waals surface area contributed by atoms with Crippen LogP contribution < -0.4 is 11.1 Å². The average Bonchev–Trinajstić information content (AvgIpc) is 2.25. The quantitative estimate of drug-likeness (QED) is 0.573. The Balaban J connectivity index is 2.46. The monoisotopic (exact) mass is 185 g/mol. The van der Waals surface area contributed by atoms with Gasteiger partial charge in [0, 0.05) is 19.5 Å². The maximum absolute atomic E-state index is 11.4. The van der Waals surface area contributed by atoms with Crippen molar-refractivity contribution in [2.45, 2.75) is 12.8 Å². The Kier molecular flexibility index (Phi) is 3.70. The SMILES string of the molecule is NCCCN1CC(=O)NCCC1=O. The standard InChI is InChI=1S/C8H15N3O2/c9-3-1-5-11-6-7(12)10-4-2-8(11)13/h1-6,9H2,(H,10,12). The number of carbonyl (C=O) groups excluding carboxylic acids is 2. The molecule has 0 unspecified atom stereocenters. The minimum absolute atomic E-state index is 0.0341. The molecule has 13 heavy (non-hydrogen) atoms. The van der Waals surface area contributed by atoms with Gasteiger partial charge in [0.25, 0.3) is 0 Å². The fourth-order valence-corrected chi connectivity index (χ4v) is 1.27. The van der Waals surface area contributed by atoms with Crippen molar-refractivity contribution in [3.05, 3.63) is 0 Å². The topological polar surface area (TPSA) is 75.4 Å². The fourth-order valence-electron chi connectivity index (χ4n) is 1.27. The zero-order valence-electron chi connectivity index (χ0n) is 7.58. The van der Waals surface area contributed by atoms with Crippen LogP contribution in [0.25, 0.3) is 0 Å². The summed E-state index contributed by atoms with van der Waals surface area (Å²) in [7, 11) is 0. The Morgan fingerprint density at radius 1 is 1.46 bits per heavy atom. The van der Waals surface area contributed by atoms with E-state index in [1.54, 1.807) is 4.90 Å². The largest absolute Gasteiger partial charge is 0.354 e. The van der Waals surface area contributed by atoms with Crippen LogP contribution in [0.1, 0.15) is 12.8 Å². The Labute approximate surface area is 77.3 Å². The zero-order valence-corrected chi connectivity index (χ0v) is 7.58. The lowest BCUT2D eigenvalue weighted by Crippen LogP contribution is -2.36. The predicted octanol–water partition coefficient (Wildman–Crippen LogP) is -1.32. The second kappa shape index (κ2) is 4.81. The van der Waals surface area contributed by atoms with E-state index < -0.39 is 0 Å². The van der Waals surface area contributed by atoms with Crippen LogP contribution in [0.3, 0.4) is 0 Å². The second-order valence-corrected chi connectivity index (χ2v) is 3.06. The smallest absolute Gasteiger partial charge is 0.239 e. The van der Waals surface area contributed by atoms with Crippen molar-refractivity contribution in [3.8, 4) is 0 Å². The number of nitrogens with zero attached hydrogens (tertiary/aromatic N) is 1. The van der Waals surface area contributed by atoms with Gasteiger partial charge < -0.3 is 16.0 Å². The summed E-state index contributed by atoms with van der Waals surface area (Å²) in [6.07, 6.45) is 1.15. The molecule has 1 rings (SSSR count). The van der Waals surface area contributed by atoms with Crippen molar-refractivity contribution in [1.29, 1.82) is 0 Å². The summed E-state index contributed by atoms with van der Waals surface area (Å²) in [6, 6.07) is 0. The molecule has 0 aromatic heterocycles. The molecule has 74 valence electrons. The molecule has 0 aromatic carbocycles. The molecular formula is C8H15N3O2.